The second-order valence-corrected chi connectivity index (χ2v) is 5.29. The van der Waals surface area contributed by atoms with Crippen LogP contribution in [0.15, 0.2) is 71.5 Å². The summed E-state index contributed by atoms with van der Waals surface area (Å²) >= 11 is 0. The Morgan fingerprint density at radius 2 is 1.96 bits per heavy atom. The summed E-state index contributed by atoms with van der Waals surface area (Å²) in [5.41, 5.74) is -0.0448. The van der Waals surface area contributed by atoms with Crippen molar-refractivity contribution >= 4 is 17.4 Å². The maximum absolute atomic E-state index is 12.6. The second kappa shape index (κ2) is 7.93. The number of aromatic nitrogens is 1. The molecule has 3 rings (SSSR count). The largest absolute Gasteiger partial charge is 0.484 e. The summed E-state index contributed by atoms with van der Waals surface area (Å²) in [5.74, 6) is 1.13. The van der Waals surface area contributed by atoms with Crippen LogP contribution in [0.3, 0.4) is 0 Å². The number of rotatable bonds is 7. The normalized spacial score (nSPS) is 10.3. The van der Waals surface area contributed by atoms with Crippen LogP contribution in [0.25, 0.3) is 0 Å². The van der Waals surface area contributed by atoms with Crippen molar-refractivity contribution in [3.63, 3.8) is 0 Å². The third-order valence-electron chi connectivity index (χ3n) is 3.53. The molecular weight excluding hydrogens is 338 g/mol. The van der Waals surface area contributed by atoms with Gasteiger partial charge in [-0.1, -0.05) is 6.07 Å². The van der Waals surface area contributed by atoms with Crippen LogP contribution in [-0.2, 0) is 11.3 Å². The first-order valence-electron chi connectivity index (χ1n) is 7.74. The number of anilines is 1. The molecule has 0 atom stereocenters. The van der Waals surface area contributed by atoms with E-state index in [-0.39, 0.29) is 24.7 Å². The minimum absolute atomic E-state index is 0.0448. The Labute approximate surface area is 148 Å². The predicted octanol–water partition coefficient (Wildman–Crippen LogP) is 3.20. The molecule has 0 saturated carbocycles. The number of hydrogen-bond donors (Lipinski definition) is 0. The van der Waals surface area contributed by atoms with Gasteiger partial charge in [-0.2, -0.15) is 0 Å². The second-order valence-electron chi connectivity index (χ2n) is 5.29. The van der Waals surface area contributed by atoms with Crippen molar-refractivity contribution in [3.8, 4) is 5.75 Å². The molecule has 2 aromatic heterocycles. The topological polar surface area (TPSA) is 98.7 Å². The van der Waals surface area contributed by atoms with Gasteiger partial charge in [0.15, 0.2) is 6.61 Å². The molecule has 0 radical (unpaired) electrons. The molecule has 8 heteroatoms. The molecular formula is C18H15N3O5. The van der Waals surface area contributed by atoms with Gasteiger partial charge in [0.25, 0.3) is 11.6 Å². The molecule has 8 nitrogen and oxygen atoms in total. The summed E-state index contributed by atoms with van der Waals surface area (Å²) in [6, 6.07) is 14.3. The monoisotopic (exact) mass is 353 g/mol. The van der Waals surface area contributed by atoms with E-state index in [0.29, 0.717) is 17.3 Å². The lowest BCUT2D eigenvalue weighted by atomic mass is 10.3. The lowest BCUT2D eigenvalue weighted by molar-refractivity contribution is -0.384. The van der Waals surface area contributed by atoms with Crippen LogP contribution in [0.1, 0.15) is 5.76 Å². The molecule has 0 fully saturated rings. The van der Waals surface area contributed by atoms with Crippen LogP contribution < -0.4 is 9.64 Å². The molecule has 0 N–H and O–H groups in total. The van der Waals surface area contributed by atoms with Gasteiger partial charge in [0, 0.05) is 18.3 Å². The van der Waals surface area contributed by atoms with Crippen LogP contribution in [-0.4, -0.2) is 22.4 Å². The van der Waals surface area contributed by atoms with Crippen molar-refractivity contribution < 1.29 is 18.9 Å². The number of hydrogen-bond acceptors (Lipinski definition) is 6. The van der Waals surface area contributed by atoms with Crippen molar-refractivity contribution in [2.24, 2.45) is 0 Å². The number of amides is 1. The van der Waals surface area contributed by atoms with Gasteiger partial charge in [-0.15, -0.1) is 0 Å². The summed E-state index contributed by atoms with van der Waals surface area (Å²) in [6.07, 6.45) is 3.12. The third-order valence-corrected chi connectivity index (χ3v) is 3.53. The molecule has 0 bridgehead atoms. The Bertz CT molecular complexity index is 864. The average Bonchev–Trinajstić information content (AvgIpc) is 3.18. The molecule has 0 aliphatic rings. The Balaban J connectivity index is 1.70. The first-order chi connectivity index (χ1) is 12.6. The summed E-state index contributed by atoms with van der Waals surface area (Å²) in [4.78, 5) is 28.4. The summed E-state index contributed by atoms with van der Waals surface area (Å²) < 4.78 is 10.8. The van der Waals surface area contributed by atoms with Crippen molar-refractivity contribution in [3.05, 3.63) is 82.9 Å². The average molecular weight is 353 g/mol. The molecule has 0 aliphatic carbocycles. The van der Waals surface area contributed by atoms with Gasteiger partial charge in [-0.25, -0.2) is 4.98 Å². The highest BCUT2D eigenvalue weighted by Crippen LogP contribution is 2.19. The van der Waals surface area contributed by atoms with Crippen molar-refractivity contribution in [2.75, 3.05) is 11.5 Å². The molecule has 0 saturated heterocycles. The highest BCUT2D eigenvalue weighted by Gasteiger charge is 2.19. The number of carbonyl (C=O) groups is 1. The van der Waals surface area contributed by atoms with Crippen LogP contribution in [0.4, 0.5) is 11.5 Å². The van der Waals surface area contributed by atoms with Crippen LogP contribution in [0, 0.1) is 10.1 Å². The molecule has 1 aromatic carbocycles. The number of furan rings is 1. The van der Waals surface area contributed by atoms with E-state index in [1.165, 1.54) is 35.4 Å². The van der Waals surface area contributed by atoms with Gasteiger partial charge in [-0.05, 0) is 36.4 Å². The minimum Gasteiger partial charge on any atom is -0.484 e. The van der Waals surface area contributed by atoms with E-state index in [0.717, 1.165) is 0 Å². The highest BCUT2D eigenvalue weighted by molar-refractivity contribution is 5.93. The lowest BCUT2D eigenvalue weighted by Crippen LogP contribution is -2.35. The summed E-state index contributed by atoms with van der Waals surface area (Å²) in [5, 5.41) is 10.7. The molecule has 0 aliphatic heterocycles. The maximum Gasteiger partial charge on any atom is 0.269 e. The maximum atomic E-state index is 12.6. The quantitative estimate of drug-likeness (QED) is 0.478. The van der Waals surface area contributed by atoms with Crippen molar-refractivity contribution in [2.45, 2.75) is 6.54 Å². The number of nitro benzene ring substituents is 1. The molecule has 132 valence electrons. The number of non-ortho nitro benzene ring substituents is 1. The van der Waals surface area contributed by atoms with E-state index in [1.54, 1.807) is 36.5 Å². The number of carbonyl (C=O) groups excluding carboxylic acids is 1. The first kappa shape index (κ1) is 17.2. The molecule has 1 amide bonds. The molecule has 0 spiro atoms. The zero-order valence-corrected chi connectivity index (χ0v) is 13.6. The molecule has 2 heterocycles. The van der Waals surface area contributed by atoms with Crippen LogP contribution in [0.5, 0.6) is 5.75 Å². The fraction of sp³-hybridized carbons (Fsp3) is 0.111. The van der Waals surface area contributed by atoms with E-state index in [9.17, 15) is 14.9 Å². The zero-order chi connectivity index (χ0) is 18.4. The third kappa shape index (κ3) is 4.23. The van der Waals surface area contributed by atoms with Crippen molar-refractivity contribution in [1.29, 1.82) is 0 Å². The summed E-state index contributed by atoms with van der Waals surface area (Å²) in [6.45, 7) is -0.0262. The highest BCUT2D eigenvalue weighted by atomic mass is 16.6. The standard InChI is InChI=1S/C18H15N3O5/c22-18(13-26-15-8-6-14(7-9-15)21(23)24)20(12-16-4-3-11-25-16)17-5-1-2-10-19-17/h1-11H,12-13H2. The Morgan fingerprint density at radius 1 is 1.15 bits per heavy atom. The number of nitro groups is 1. The fourth-order valence-electron chi connectivity index (χ4n) is 2.26. The SMILES string of the molecule is O=C(COc1ccc([N+](=O)[O-])cc1)N(Cc1ccco1)c1ccccn1. The van der Waals surface area contributed by atoms with Gasteiger partial charge >= 0.3 is 0 Å². The van der Waals surface area contributed by atoms with Gasteiger partial charge < -0.3 is 9.15 Å². The Morgan fingerprint density at radius 3 is 2.58 bits per heavy atom. The van der Waals surface area contributed by atoms with Gasteiger partial charge in [0.2, 0.25) is 0 Å². The smallest absolute Gasteiger partial charge is 0.269 e. The van der Waals surface area contributed by atoms with E-state index in [1.807, 2.05) is 0 Å². The first-order valence-corrected chi connectivity index (χ1v) is 7.74. The predicted molar refractivity (Wildman–Crippen MR) is 92.7 cm³/mol. The molecule has 3 aromatic rings. The van der Waals surface area contributed by atoms with E-state index in [2.05, 4.69) is 4.98 Å². The Kier molecular flexibility index (Phi) is 5.23. The zero-order valence-electron chi connectivity index (χ0n) is 13.6. The van der Waals surface area contributed by atoms with Crippen molar-refractivity contribution in [1.82, 2.24) is 4.98 Å². The number of pyridine rings is 1. The van der Waals surface area contributed by atoms with Gasteiger partial charge in [-0.3, -0.25) is 19.8 Å². The summed E-state index contributed by atoms with van der Waals surface area (Å²) in [7, 11) is 0. The molecule has 26 heavy (non-hydrogen) atoms. The Hall–Kier alpha value is -3.68. The molecule has 0 unspecified atom stereocenters. The number of benzene rings is 1. The minimum atomic E-state index is -0.499. The van der Waals surface area contributed by atoms with Gasteiger partial charge in [0.1, 0.15) is 17.3 Å². The van der Waals surface area contributed by atoms with E-state index in [4.69, 9.17) is 9.15 Å². The van der Waals surface area contributed by atoms with Gasteiger partial charge in [0.05, 0.1) is 17.7 Å². The number of ether oxygens (including phenoxy) is 1. The van der Waals surface area contributed by atoms with E-state index >= 15 is 0 Å². The van der Waals surface area contributed by atoms with Crippen LogP contribution in [0.2, 0.25) is 0 Å². The van der Waals surface area contributed by atoms with E-state index < -0.39 is 4.92 Å². The van der Waals surface area contributed by atoms with Crippen LogP contribution >= 0.6 is 0 Å². The number of nitrogens with zero attached hydrogens (tertiary/aromatic N) is 3. The fourth-order valence-corrected chi connectivity index (χ4v) is 2.26. The lowest BCUT2D eigenvalue weighted by Gasteiger charge is -2.20.